The molecule has 0 aliphatic rings. The van der Waals surface area contributed by atoms with Crippen molar-refractivity contribution in [3.05, 3.63) is 41.6 Å². The molecular formula is C14H12FN3O2. The van der Waals surface area contributed by atoms with E-state index in [0.717, 1.165) is 5.39 Å². The van der Waals surface area contributed by atoms with Crippen molar-refractivity contribution in [3.8, 4) is 0 Å². The molecule has 1 aromatic carbocycles. The Balaban J connectivity index is 2.32. The number of carbonyl (C=O) groups excluding carboxylic acids is 1. The van der Waals surface area contributed by atoms with E-state index < -0.39 is 5.97 Å². The zero-order valence-electron chi connectivity index (χ0n) is 11.1. The van der Waals surface area contributed by atoms with Crippen LogP contribution in [0.5, 0.6) is 0 Å². The molecule has 20 heavy (non-hydrogen) atoms. The predicted octanol–water partition coefficient (Wildman–Crippen LogP) is 2.51. The molecule has 0 atom stereocenters. The Kier molecular flexibility index (Phi) is 2.85. The summed E-state index contributed by atoms with van der Waals surface area (Å²) in [6, 6.07) is 4.37. The number of carbonyl (C=O) groups is 1. The number of aromatic nitrogens is 3. The summed E-state index contributed by atoms with van der Waals surface area (Å²) in [6.07, 6.45) is 1.51. The smallest absolute Gasteiger partial charge is 0.358 e. The van der Waals surface area contributed by atoms with Gasteiger partial charge in [0.05, 0.1) is 18.5 Å². The summed E-state index contributed by atoms with van der Waals surface area (Å²) in [4.78, 5) is 16.3. The first-order valence-corrected chi connectivity index (χ1v) is 6.22. The van der Waals surface area contributed by atoms with Gasteiger partial charge in [-0.3, -0.25) is 0 Å². The van der Waals surface area contributed by atoms with Crippen molar-refractivity contribution < 1.29 is 13.9 Å². The van der Waals surface area contributed by atoms with Crippen molar-refractivity contribution in [1.29, 1.82) is 0 Å². The van der Waals surface area contributed by atoms with Gasteiger partial charge in [-0.2, -0.15) is 5.10 Å². The highest BCUT2D eigenvalue weighted by Crippen LogP contribution is 2.22. The van der Waals surface area contributed by atoms with Crippen LogP contribution in [0.25, 0.3) is 16.4 Å². The fraction of sp³-hybridized carbons (Fsp3) is 0.214. The van der Waals surface area contributed by atoms with Crippen LogP contribution >= 0.6 is 0 Å². The molecule has 3 rings (SSSR count). The highest BCUT2D eigenvalue weighted by molar-refractivity contribution is 5.97. The van der Waals surface area contributed by atoms with E-state index in [0.29, 0.717) is 22.4 Å². The fourth-order valence-corrected chi connectivity index (χ4v) is 2.20. The second kappa shape index (κ2) is 4.56. The van der Waals surface area contributed by atoms with Crippen LogP contribution in [-0.4, -0.2) is 27.2 Å². The van der Waals surface area contributed by atoms with Crippen molar-refractivity contribution >= 4 is 22.4 Å². The summed E-state index contributed by atoms with van der Waals surface area (Å²) in [5, 5.41) is 5.53. The summed E-state index contributed by atoms with van der Waals surface area (Å²) in [6.45, 7) is 3.74. The second-order valence-electron chi connectivity index (χ2n) is 4.38. The zero-order chi connectivity index (χ0) is 14.3. The lowest BCUT2D eigenvalue weighted by Crippen LogP contribution is -2.11. The molecule has 102 valence electrons. The highest BCUT2D eigenvalue weighted by atomic mass is 19.1. The maximum atomic E-state index is 13.2. The summed E-state index contributed by atoms with van der Waals surface area (Å²) in [5.74, 6) is -0.802. The molecule has 0 unspecified atom stereocenters. The van der Waals surface area contributed by atoms with Crippen LogP contribution in [0.4, 0.5) is 4.39 Å². The number of aryl methyl sites for hydroxylation is 1. The predicted molar refractivity (Wildman–Crippen MR) is 71.1 cm³/mol. The summed E-state index contributed by atoms with van der Waals surface area (Å²) in [5.41, 5.74) is 1.35. The number of hydrogen-bond acceptors (Lipinski definition) is 4. The largest absolute Gasteiger partial charge is 0.461 e. The van der Waals surface area contributed by atoms with Gasteiger partial charge in [0.15, 0.2) is 11.3 Å². The van der Waals surface area contributed by atoms with Gasteiger partial charge >= 0.3 is 5.97 Å². The number of esters is 1. The summed E-state index contributed by atoms with van der Waals surface area (Å²) < 4.78 is 19.7. The number of halogens is 1. The molecular weight excluding hydrogens is 261 g/mol. The number of hydrogen-bond donors (Lipinski definition) is 0. The molecule has 0 saturated carbocycles. The molecule has 0 fully saturated rings. The van der Waals surface area contributed by atoms with Crippen LogP contribution in [0.2, 0.25) is 0 Å². The van der Waals surface area contributed by atoms with E-state index in [4.69, 9.17) is 4.74 Å². The molecule has 6 heteroatoms. The minimum Gasteiger partial charge on any atom is -0.461 e. The Morgan fingerprint density at radius 3 is 3.00 bits per heavy atom. The molecule has 0 bridgehead atoms. The fourth-order valence-electron chi connectivity index (χ4n) is 2.20. The van der Waals surface area contributed by atoms with E-state index in [9.17, 15) is 9.18 Å². The van der Waals surface area contributed by atoms with Crippen LogP contribution in [-0.2, 0) is 4.74 Å². The average molecular weight is 273 g/mol. The third kappa shape index (κ3) is 1.80. The topological polar surface area (TPSA) is 56.5 Å². The normalized spacial score (nSPS) is 11.2. The number of nitrogens with zero attached hydrogens (tertiary/aromatic N) is 3. The maximum absolute atomic E-state index is 13.2. The van der Waals surface area contributed by atoms with E-state index in [-0.39, 0.29) is 12.4 Å². The first-order chi connectivity index (χ1) is 9.61. The Morgan fingerprint density at radius 1 is 1.45 bits per heavy atom. The van der Waals surface area contributed by atoms with Crippen molar-refractivity contribution in [3.63, 3.8) is 0 Å². The third-order valence-corrected chi connectivity index (χ3v) is 3.06. The van der Waals surface area contributed by atoms with Crippen LogP contribution < -0.4 is 0 Å². The molecule has 0 radical (unpaired) electrons. The monoisotopic (exact) mass is 273 g/mol. The third-order valence-electron chi connectivity index (χ3n) is 3.06. The molecule has 0 amide bonds. The SMILES string of the molecule is CCOC(=O)c1c(C)nc2c3ccc(F)cc3cnn12. The first-order valence-electron chi connectivity index (χ1n) is 6.22. The van der Waals surface area contributed by atoms with Gasteiger partial charge in [-0.25, -0.2) is 18.7 Å². The summed E-state index contributed by atoms with van der Waals surface area (Å²) in [7, 11) is 0. The molecule has 0 aliphatic heterocycles. The lowest BCUT2D eigenvalue weighted by molar-refractivity contribution is 0.0516. The van der Waals surface area contributed by atoms with E-state index >= 15 is 0 Å². The molecule has 0 spiro atoms. The van der Waals surface area contributed by atoms with Gasteiger partial charge < -0.3 is 4.74 Å². The minimum absolute atomic E-state index is 0.282. The van der Waals surface area contributed by atoms with Gasteiger partial charge in [0.1, 0.15) is 5.82 Å². The van der Waals surface area contributed by atoms with E-state index in [1.807, 2.05) is 0 Å². The Bertz CT molecular complexity index is 826. The van der Waals surface area contributed by atoms with Crippen LogP contribution in [0.15, 0.2) is 24.4 Å². The number of rotatable bonds is 2. The quantitative estimate of drug-likeness (QED) is 0.673. The van der Waals surface area contributed by atoms with E-state index in [2.05, 4.69) is 10.1 Å². The van der Waals surface area contributed by atoms with Crippen LogP contribution in [0.3, 0.4) is 0 Å². The lowest BCUT2D eigenvalue weighted by atomic mass is 10.2. The van der Waals surface area contributed by atoms with Gasteiger partial charge in [0.2, 0.25) is 0 Å². The van der Waals surface area contributed by atoms with E-state index in [1.54, 1.807) is 19.9 Å². The minimum atomic E-state index is -0.466. The molecule has 0 aliphatic carbocycles. The van der Waals surface area contributed by atoms with Crippen LogP contribution in [0.1, 0.15) is 23.1 Å². The molecule has 0 saturated heterocycles. The van der Waals surface area contributed by atoms with Crippen LogP contribution in [0, 0.1) is 12.7 Å². The average Bonchev–Trinajstić information content (AvgIpc) is 2.75. The van der Waals surface area contributed by atoms with Crippen molar-refractivity contribution in [1.82, 2.24) is 14.6 Å². The number of ether oxygens (including phenoxy) is 1. The molecule has 2 aromatic heterocycles. The van der Waals surface area contributed by atoms with Crippen molar-refractivity contribution in [2.24, 2.45) is 0 Å². The Morgan fingerprint density at radius 2 is 2.25 bits per heavy atom. The Labute approximate surface area is 114 Å². The standard InChI is InChI=1S/C14H12FN3O2/c1-3-20-14(19)12-8(2)17-13-11-5-4-10(15)6-9(11)7-16-18(12)13/h4-7H,3H2,1-2H3. The summed E-state index contributed by atoms with van der Waals surface area (Å²) >= 11 is 0. The first kappa shape index (κ1) is 12.5. The Hall–Kier alpha value is -2.50. The molecule has 3 aromatic rings. The highest BCUT2D eigenvalue weighted by Gasteiger charge is 2.20. The van der Waals surface area contributed by atoms with E-state index in [1.165, 1.54) is 22.8 Å². The number of imidazole rings is 1. The zero-order valence-corrected chi connectivity index (χ0v) is 11.1. The number of benzene rings is 1. The maximum Gasteiger partial charge on any atom is 0.358 e. The molecule has 2 heterocycles. The molecule has 0 N–H and O–H groups in total. The van der Waals surface area contributed by atoms with Crippen molar-refractivity contribution in [2.75, 3.05) is 6.61 Å². The second-order valence-corrected chi connectivity index (χ2v) is 4.38. The van der Waals surface area contributed by atoms with Crippen molar-refractivity contribution in [2.45, 2.75) is 13.8 Å². The van der Waals surface area contributed by atoms with Gasteiger partial charge in [0.25, 0.3) is 0 Å². The molecule has 5 nitrogen and oxygen atoms in total. The van der Waals surface area contributed by atoms with Gasteiger partial charge in [-0.1, -0.05) is 0 Å². The number of fused-ring (bicyclic) bond motifs is 3. The van der Waals surface area contributed by atoms with Gasteiger partial charge in [-0.15, -0.1) is 0 Å². The van der Waals surface area contributed by atoms with Gasteiger partial charge in [-0.05, 0) is 32.0 Å². The van der Waals surface area contributed by atoms with Gasteiger partial charge in [0, 0.05) is 10.8 Å². The lowest BCUT2D eigenvalue weighted by Gasteiger charge is -2.03.